The monoisotopic (exact) mass is 257 g/mol. The molecule has 1 aromatic heterocycles. The molecule has 0 aliphatic rings. The molecule has 0 saturated carbocycles. The van der Waals surface area contributed by atoms with Gasteiger partial charge < -0.3 is 0 Å². The molecular formula is C17H20FN. The van der Waals surface area contributed by atoms with Gasteiger partial charge in [-0.2, -0.15) is 0 Å². The van der Waals surface area contributed by atoms with Crippen LogP contribution in [0.3, 0.4) is 0 Å². The van der Waals surface area contributed by atoms with Gasteiger partial charge >= 0.3 is 0 Å². The summed E-state index contributed by atoms with van der Waals surface area (Å²) >= 11 is 0. The van der Waals surface area contributed by atoms with E-state index in [1.165, 1.54) is 12.1 Å². The largest absolute Gasteiger partial charge is 0.257 e. The van der Waals surface area contributed by atoms with Crippen molar-refractivity contribution in [3.63, 3.8) is 0 Å². The minimum atomic E-state index is -0.203. The summed E-state index contributed by atoms with van der Waals surface area (Å²) in [6.07, 6.45) is 0. The molecule has 2 heteroatoms. The summed E-state index contributed by atoms with van der Waals surface area (Å²) in [5.74, 6) is 0.571. The molecule has 2 aromatic rings. The number of pyridine rings is 1. The first-order valence-corrected chi connectivity index (χ1v) is 6.75. The summed E-state index contributed by atoms with van der Waals surface area (Å²) in [5, 5.41) is 0. The molecule has 0 fully saturated rings. The van der Waals surface area contributed by atoms with Gasteiger partial charge in [0.2, 0.25) is 0 Å². The van der Waals surface area contributed by atoms with Crippen molar-refractivity contribution in [2.24, 2.45) is 0 Å². The molecule has 0 saturated heterocycles. The van der Waals surface area contributed by atoms with Crippen LogP contribution in [0.15, 0.2) is 36.4 Å². The summed E-state index contributed by atoms with van der Waals surface area (Å²) in [5.41, 5.74) is 4.33. The van der Waals surface area contributed by atoms with Crippen LogP contribution >= 0.6 is 0 Å². The lowest BCUT2D eigenvalue weighted by Gasteiger charge is -2.13. The fourth-order valence-electron chi connectivity index (χ4n) is 1.97. The summed E-state index contributed by atoms with van der Waals surface area (Å²) in [7, 11) is 0. The third-order valence-electron chi connectivity index (χ3n) is 3.23. The molecule has 0 unspecified atom stereocenters. The van der Waals surface area contributed by atoms with E-state index in [0.717, 1.165) is 22.5 Å². The second-order valence-electron chi connectivity index (χ2n) is 5.52. The Labute approximate surface area is 114 Å². The first kappa shape index (κ1) is 13.7. The van der Waals surface area contributed by atoms with E-state index in [1.807, 2.05) is 12.1 Å². The van der Waals surface area contributed by atoms with E-state index in [1.54, 1.807) is 0 Å². The van der Waals surface area contributed by atoms with Crippen molar-refractivity contribution in [1.29, 1.82) is 0 Å². The van der Waals surface area contributed by atoms with Crippen LogP contribution in [0.1, 0.15) is 50.9 Å². The smallest absolute Gasteiger partial charge is 0.123 e. The summed E-state index contributed by atoms with van der Waals surface area (Å²) < 4.78 is 13.0. The SMILES string of the molecule is CC(C)c1cc(-c2ccc(F)cc2)cc(C(C)C)n1. The highest BCUT2D eigenvalue weighted by atomic mass is 19.1. The maximum Gasteiger partial charge on any atom is 0.123 e. The molecule has 0 radical (unpaired) electrons. The Balaban J connectivity index is 2.52. The van der Waals surface area contributed by atoms with E-state index in [2.05, 4.69) is 39.8 Å². The molecule has 100 valence electrons. The van der Waals surface area contributed by atoms with Gasteiger partial charge in [-0.05, 0) is 47.2 Å². The maximum absolute atomic E-state index is 13.0. The number of halogens is 1. The Morgan fingerprint density at radius 3 is 1.68 bits per heavy atom. The zero-order valence-corrected chi connectivity index (χ0v) is 11.9. The first-order chi connectivity index (χ1) is 8.97. The van der Waals surface area contributed by atoms with E-state index >= 15 is 0 Å². The second-order valence-corrected chi connectivity index (χ2v) is 5.52. The Hall–Kier alpha value is -1.70. The molecule has 0 aliphatic heterocycles. The van der Waals surface area contributed by atoms with Gasteiger partial charge in [0, 0.05) is 11.4 Å². The normalized spacial score (nSPS) is 11.3. The molecule has 0 spiro atoms. The average molecular weight is 257 g/mol. The third kappa shape index (κ3) is 3.19. The molecule has 0 amide bonds. The molecule has 1 aromatic carbocycles. The number of aromatic nitrogens is 1. The molecule has 0 aliphatic carbocycles. The number of benzene rings is 1. The molecule has 0 bridgehead atoms. The van der Waals surface area contributed by atoms with Crippen LogP contribution in [0.25, 0.3) is 11.1 Å². The fourth-order valence-corrected chi connectivity index (χ4v) is 1.97. The van der Waals surface area contributed by atoms with Crippen molar-refractivity contribution in [3.05, 3.63) is 53.6 Å². The highest BCUT2D eigenvalue weighted by Crippen LogP contribution is 2.26. The second kappa shape index (κ2) is 5.52. The van der Waals surface area contributed by atoms with Crippen molar-refractivity contribution < 1.29 is 4.39 Å². The van der Waals surface area contributed by atoms with E-state index in [9.17, 15) is 4.39 Å². The predicted molar refractivity (Wildman–Crippen MR) is 77.8 cm³/mol. The predicted octanol–water partition coefficient (Wildman–Crippen LogP) is 5.13. The maximum atomic E-state index is 13.0. The zero-order chi connectivity index (χ0) is 14.0. The van der Waals surface area contributed by atoms with Gasteiger partial charge in [0.15, 0.2) is 0 Å². The topological polar surface area (TPSA) is 12.9 Å². The minimum Gasteiger partial charge on any atom is -0.257 e. The third-order valence-corrected chi connectivity index (χ3v) is 3.23. The number of hydrogen-bond acceptors (Lipinski definition) is 1. The van der Waals surface area contributed by atoms with Crippen LogP contribution in [0.4, 0.5) is 4.39 Å². The molecular weight excluding hydrogens is 237 g/mol. The summed E-state index contributed by atoms with van der Waals surface area (Å²) in [4.78, 5) is 4.70. The lowest BCUT2D eigenvalue weighted by atomic mass is 9.98. The van der Waals surface area contributed by atoms with Crippen molar-refractivity contribution in [3.8, 4) is 11.1 Å². The summed E-state index contributed by atoms with van der Waals surface area (Å²) in [6, 6.07) is 10.8. The van der Waals surface area contributed by atoms with Crippen molar-refractivity contribution in [1.82, 2.24) is 4.98 Å². The molecule has 0 atom stereocenters. The van der Waals surface area contributed by atoms with Crippen LogP contribution in [0.5, 0.6) is 0 Å². The highest BCUT2D eigenvalue weighted by molar-refractivity contribution is 5.64. The highest BCUT2D eigenvalue weighted by Gasteiger charge is 2.10. The molecule has 2 rings (SSSR count). The lowest BCUT2D eigenvalue weighted by molar-refractivity contribution is 0.628. The van der Waals surface area contributed by atoms with Gasteiger partial charge in [0.1, 0.15) is 5.82 Å². The van der Waals surface area contributed by atoms with Crippen LogP contribution < -0.4 is 0 Å². The lowest BCUT2D eigenvalue weighted by Crippen LogP contribution is -2.00. The zero-order valence-electron chi connectivity index (χ0n) is 11.9. The molecule has 1 nitrogen and oxygen atoms in total. The van der Waals surface area contributed by atoms with Gasteiger partial charge in [-0.3, -0.25) is 4.98 Å². The van der Waals surface area contributed by atoms with E-state index in [0.29, 0.717) is 11.8 Å². The van der Waals surface area contributed by atoms with E-state index in [4.69, 9.17) is 4.98 Å². The van der Waals surface area contributed by atoms with Crippen LogP contribution in [-0.4, -0.2) is 4.98 Å². The number of nitrogens with zero attached hydrogens (tertiary/aromatic N) is 1. The Morgan fingerprint density at radius 2 is 1.26 bits per heavy atom. The molecule has 19 heavy (non-hydrogen) atoms. The van der Waals surface area contributed by atoms with E-state index < -0.39 is 0 Å². The molecule has 0 N–H and O–H groups in total. The standard InChI is InChI=1S/C17H20FN/c1-11(2)16-9-14(10-17(19-16)12(3)4)13-5-7-15(18)8-6-13/h5-12H,1-4H3. The van der Waals surface area contributed by atoms with Crippen molar-refractivity contribution in [2.75, 3.05) is 0 Å². The van der Waals surface area contributed by atoms with Crippen molar-refractivity contribution >= 4 is 0 Å². The van der Waals surface area contributed by atoms with Crippen LogP contribution in [-0.2, 0) is 0 Å². The molecule has 1 heterocycles. The summed E-state index contributed by atoms with van der Waals surface area (Å²) in [6.45, 7) is 8.56. The average Bonchev–Trinajstić information content (AvgIpc) is 2.39. The van der Waals surface area contributed by atoms with E-state index in [-0.39, 0.29) is 5.82 Å². The Bertz CT molecular complexity index is 530. The Morgan fingerprint density at radius 1 is 0.789 bits per heavy atom. The number of hydrogen-bond donors (Lipinski definition) is 0. The first-order valence-electron chi connectivity index (χ1n) is 6.75. The van der Waals surface area contributed by atoms with Crippen LogP contribution in [0.2, 0.25) is 0 Å². The van der Waals surface area contributed by atoms with Gasteiger partial charge in [-0.15, -0.1) is 0 Å². The Kier molecular flexibility index (Phi) is 3.98. The van der Waals surface area contributed by atoms with Gasteiger partial charge in [0.05, 0.1) is 0 Å². The fraction of sp³-hybridized carbons (Fsp3) is 0.353. The van der Waals surface area contributed by atoms with Gasteiger partial charge in [-0.25, -0.2) is 4.39 Å². The van der Waals surface area contributed by atoms with Gasteiger partial charge in [0.25, 0.3) is 0 Å². The number of rotatable bonds is 3. The van der Waals surface area contributed by atoms with Gasteiger partial charge in [-0.1, -0.05) is 39.8 Å². The minimum absolute atomic E-state index is 0.203. The quantitative estimate of drug-likeness (QED) is 0.742. The van der Waals surface area contributed by atoms with Crippen LogP contribution in [0, 0.1) is 5.82 Å². The van der Waals surface area contributed by atoms with Crippen molar-refractivity contribution in [2.45, 2.75) is 39.5 Å².